The molecule has 2 saturated heterocycles. The van der Waals surface area contributed by atoms with Gasteiger partial charge in [0.1, 0.15) is 12.0 Å². The first-order valence-electron chi connectivity index (χ1n) is 16.2. The lowest BCUT2D eigenvalue weighted by molar-refractivity contribution is -0.384. The van der Waals surface area contributed by atoms with Crippen LogP contribution in [0, 0.1) is 21.8 Å². The van der Waals surface area contributed by atoms with Crippen LogP contribution in [-0.2, 0) is 0 Å². The van der Waals surface area contributed by atoms with Crippen LogP contribution in [-0.4, -0.2) is 81.9 Å². The highest BCUT2D eigenvalue weighted by Crippen LogP contribution is 2.37. The van der Waals surface area contributed by atoms with Gasteiger partial charge in [0, 0.05) is 36.4 Å². The largest absolute Gasteiger partial charge is 0.366 e. The zero-order valence-corrected chi connectivity index (χ0v) is 27.7. The lowest BCUT2D eigenvalue weighted by Gasteiger charge is -2.39. The van der Waals surface area contributed by atoms with Gasteiger partial charge in [0.25, 0.3) is 11.8 Å². The van der Waals surface area contributed by atoms with E-state index in [1.165, 1.54) is 6.07 Å². The van der Waals surface area contributed by atoms with Gasteiger partial charge in [-0.1, -0.05) is 6.92 Å². The second kappa shape index (κ2) is 14.9. The molecule has 0 aliphatic carbocycles. The van der Waals surface area contributed by atoms with Gasteiger partial charge in [0.2, 0.25) is 11.8 Å². The number of nitrogens with one attached hydrogen (secondary N) is 3. The number of piperidine rings is 2. The Labute approximate surface area is 279 Å². The molecule has 3 heterocycles. The molecule has 48 heavy (non-hydrogen) atoms. The highest BCUT2D eigenvalue weighted by molar-refractivity contribution is 6.00. The van der Waals surface area contributed by atoms with Gasteiger partial charge in [-0.05, 0) is 102 Å². The summed E-state index contributed by atoms with van der Waals surface area (Å²) in [6.07, 6.45) is 4.52. The van der Waals surface area contributed by atoms with Crippen LogP contribution in [0.5, 0.6) is 0 Å². The normalized spacial score (nSPS) is 16.5. The Bertz CT molecular complexity index is 1660. The molecule has 0 unspecified atom stereocenters. The summed E-state index contributed by atoms with van der Waals surface area (Å²) in [4.78, 5) is 49.0. The fourth-order valence-corrected chi connectivity index (χ4v) is 6.04. The van der Waals surface area contributed by atoms with Crippen molar-refractivity contribution in [3.05, 3.63) is 69.7 Å². The Morgan fingerprint density at radius 3 is 2.42 bits per heavy atom. The number of amides is 2. The van der Waals surface area contributed by atoms with E-state index in [-0.39, 0.29) is 57.9 Å². The summed E-state index contributed by atoms with van der Waals surface area (Å²) < 4.78 is 16.1. The quantitative estimate of drug-likeness (QED) is 0.164. The highest BCUT2D eigenvalue weighted by Gasteiger charge is 2.29. The number of hydrogen-bond donors (Lipinski definition) is 4. The molecule has 2 fully saturated rings. The molecule has 256 valence electrons. The lowest BCUT2D eigenvalue weighted by atomic mass is 10.00. The van der Waals surface area contributed by atoms with E-state index in [1.54, 1.807) is 30.3 Å². The zero-order chi connectivity index (χ0) is 34.5. The van der Waals surface area contributed by atoms with E-state index in [4.69, 9.17) is 5.73 Å². The minimum absolute atomic E-state index is 0.000972. The smallest absolute Gasteiger partial charge is 0.329 e. The third-order valence-electron chi connectivity index (χ3n) is 8.75. The zero-order valence-electron chi connectivity index (χ0n) is 27.7. The molecule has 2 amide bonds. The maximum atomic E-state index is 16.1. The van der Waals surface area contributed by atoms with E-state index in [0.717, 1.165) is 58.1 Å². The van der Waals surface area contributed by atoms with Gasteiger partial charge < -0.3 is 26.2 Å². The molecule has 2 aliphatic rings. The molecule has 15 heteroatoms. The Morgan fingerprint density at radius 2 is 1.79 bits per heavy atom. The molecule has 2 aliphatic heterocycles. The number of nitro groups is 1. The minimum Gasteiger partial charge on any atom is -0.366 e. The predicted molar refractivity (Wildman–Crippen MR) is 182 cm³/mol. The molecular weight excluding hydrogens is 619 g/mol. The molecule has 0 atom stereocenters. The van der Waals surface area contributed by atoms with Crippen LogP contribution in [0.4, 0.5) is 38.9 Å². The Kier molecular flexibility index (Phi) is 10.7. The number of hydrazine groups is 1. The maximum Gasteiger partial charge on any atom is 0.329 e. The maximum absolute atomic E-state index is 16.1. The highest BCUT2D eigenvalue weighted by atomic mass is 19.1. The van der Waals surface area contributed by atoms with Gasteiger partial charge in [-0.2, -0.15) is 4.98 Å². The first-order chi connectivity index (χ1) is 22.9. The van der Waals surface area contributed by atoms with Gasteiger partial charge in [-0.3, -0.25) is 25.1 Å². The molecule has 0 bridgehead atoms. The molecule has 5 N–H and O–H groups in total. The van der Waals surface area contributed by atoms with Gasteiger partial charge >= 0.3 is 5.69 Å². The van der Waals surface area contributed by atoms with Crippen LogP contribution in [0.1, 0.15) is 67.2 Å². The van der Waals surface area contributed by atoms with Crippen molar-refractivity contribution in [1.82, 2.24) is 25.3 Å². The van der Waals surface area contributed by atoms with E-state index in [9.17, 15) is 19.7 Å². The van der Waals surface area contributed by atoms with Crippen LogP contribution >= 0.6 is 0 Å². The van der Waals surface area contributed by atoms with Crippen LogP contribution < -0.4 is 26.7 Å². The van der Waals surface area contributed by atoms with Crippen molar-refractivity contribution >= 4 is 46.3 Å². The molecule has 1 aromatic heterocycles. The van der Waals surface area contributed by atoms with Gasteiger partial charge in [-0.15, -0.1) is 0 Å². The van der Waals surface area contributed by atoms with Crippen LogP contribution in [0.25, 0.3) is 0 Å². The van der Waals surface area contributed by atoms with E-state index >= 15 is 4.39 Å². The monoisotopic (exact) mass is 662 g/mol. The molecule has 3 aromatic rings. The summed E-state index contributed by atoms with van der Waals surface area (Å²) in [5.41, 5.74) is 9.76. The van der Waals surface area contributed by atoms with Gasteiger partial charge in [0.15, 0.2) is 0 Å². The van der Waals surface area contributed by atoms with Crippen molar-refractivity contribution in [2.45, 2.75) is 58.5 Å². The number of hydrogen-bond acceptors (Lipinski definition) is 11. The number of nitrogens with two attached hydrogens (primary N) is 1. The van der Waals surface area contributed by atoms with E-state index in [1.807, 2.05) is 30.8 Å². The Balaban J connectivity index is 1.49. The number of nitrogens with zero attached hydrogens (tertiary/aromatic N) is 6. The summed E-state index contributed by atoms with van der Waals surface area (Å²) in [5, 5.41) is 19.4. The van der Waals surface area contributed by atoms with Crippen LogP contribution in [0.15, 0.2) is 42.6 Å². The van der Waals surface area contributed by atoms with E-state index < -0.39 is 16.6 Å². The number of carbonyl (C=O) groups excluding carboxylic acids is 2. The van der Waals surface area contributed by atoms with Crippen LogP contribution in [0.3, 0.4) is 0 Å². The second-order valence-corrected chi connectivity index (χ2v) is 12.9. The summed E-state index contributed by atoms with van der Waals surface area (Å²) in [5.74, 6) is -1.04. The summed E-state index contributed by atoms with van der Waals surface area (Å²) >= 11 is 0. The van der Waals surface area contributed by atoms with Crippen molar-refractivity contribution in [1.29, 1.82) is 0 Å². The minimum atomic E-state index is -0.720. The lowest BCUT2D eigenvalue weighted by Crippen LogP contribution is -2.46. The summed E-state index contributed by atoms with van der Waals surface area (Å²) in [6.45, 7) is 8.91. The Hall–Kier alpha value is -4.89. The van der Waals surface area contributed by atoms with Crippen molar-refractivity contribution in [2.75, 3.05) is 48.8 Å². The van der Waals surface area contributed by atoms with Crippen molar-refractivity contribution in [3.8, 4) is 0 Å². The topological polar surface area (TPSA) is 175 Å². The van der Waals surface area contributed by atoms with Crippen molar-refractivity contribution < 1.29 is 18.9 Å². The van der Waals surface area contributed by atoms with Crippen molar-refractivity contribution in [2.24, 2.45) is 11.7 Å². The summed E-state index contributed by atoms with van der Waals surface area (Å²) in [7, 11) is 2.04. The second-order valence-electron chi connectivity index (χ2n) is 12.9. The first kappa shape index (κ1) is 34.4. The van der Waals surface area contributed by atoms with Gasteiger partial charge in [0.05, 0.1) is 21.9 Å². The standard InChI is InChI=1S/C33H43FN10O4/c1-20(2)37-31-29(44(47)48)19-36-33(39-31)38-27-18-24(6-7-25(27)30(35)45)43(23-11-13-41(4)14-12-23)28-8-5-22(17-26(28)34)32(46)40-42-15-9-21(3)10-16-42/h5-8,17-21,23H,9-16H2,1-4H3,(H2,35,45)(H,40,46)(H2,36,37,38,39). The number of primary amides is 1. The van der Waals surface area contributed by atoms with Crippen LogP contribution in [0.2, 0.25) is 0 Å². The number of anilines is 5. The fourth-order valence-electron chi connectivity index (χ4n) is 6.04. The Morgan fingerprint density at radius 1 is 1.08 bits per heavy atom. The number of likely N-dealkylation sites (tertiary alicyclic amines) is 1. The number of aromatic nitrogens is 2. The molecule has 5 rings (SSSR count). The average Bonchev–Trinajstić information content (AvgIpc) is 3.03. The molecular formula is C33H43FN10O4. The fraction of sp³-hybridized carbons (Fsp3) is 0.455. The number of benzene rings is 2. The summed E-state index contributed by atoms with van der Waals surface area (Å²) in [6, 6.07) is 9.13. The van der Waals surface area contributed by atoms with E-state index in [0.29, 0.717) is 11.6 Å². The number of halogens is 1. The molecule has 0 spiro atoms. The number of carbonyl (C=O) groups is 2. The third kappa shape index (κ3) is 8.15. The molecule has 0 radical (unpaired) electrons. The van der Waals surface area contributed by atoms with E-state index in [2.05, 4.69) is 37.9 Å². The first-order valence-corrected chi connectivity index (χ1v) is 16.2. The molecule has 0 saturated carbocycles. The average molecular weight is 663 g/mol. The predicted octanol–water partition coefficient (Wildman–Crippen LogP) is 4.80. The SMILES string of the molecule is CC1CCN(NC(=O)c2ccc(N(c3ccc(C(N)=O)c(Nc4ncc([N+](=O)[O-])c(NC(C)C)n4)c3)C3CCN(C)CC3)c(F)c2)CC1. The molecule has 2 aromatic carbocycles. The molecule has 14 nitrogen and oxygen atoms in total. The number of rotatable bonds is 11. The van der Waals surface area contributed by atoms with Gasteiger partial charge in [-0.25, -0.2) is 14.4 Å². The third-order valence-corrected chi connectivity index (χ3v) is 8.75. The van der Waals surface area contributed by atoms with Crippen molar-refractivity contribution in [3.63, 3.8) is 0 Å².